The van der Waals surface area contributed by atoms with Gasteiger partial charge >= 0.3 is 0 Å². The maximum Gasteiger partial charge on any atom is 0.138 e. The van der Waals surface area contributed by atoms with Gasteiger partial charge in [-0.3, -0.25) is 9.38 Å². The van der Waals surface area contributed by atoms with E-state index in [4.69, 9.17) is 9.40 Å². The van der Waals surface area contributed by atoms with Crippen molar-refractivity contribution in [1.82, 2.24) is 14.4 Å². The number of fused-ring (bicyclic) bond motifs is 4. The van der Waals surface area contributed by atoms with Crippen molar-refractivity contribution in [2.24, 2.45) is 0 Å². The average molecular weight is 438 g/mol. The second-order valence-corrected chi connectivity index (χ2v) is 8.34. The van der Waals surface area contributed by atoms with E-state index in [0.717, 1.165) is 61.4 Å². The molecule has 0 aliphatic heterocycles. The molecule has 4 heterocycles. The van der Waals surface area contributed by atoms with Crippen LogP contribution in [0, 0.1) is 0 Å². The van der Waals surface area contributed by atoms with Gasteiger partial charge in [-0.15, -0.1) is 0 Å². The number of benzene rings is 3. The zero-order chi connectivity index (χ0) is 22.5. The molecule has 0 unspecified atom stereocenters. The molecule has 4 aromatic heterocycles. The van der Waals surface area contributed by atoms with Crippen LogP contribution in [0.3, 0.4) is 0 Å². The maximum atomic E-state index is 6.13. The molecule has 0 saturated heterocycles. The summed E-state index contributed by atoms with van der Waals surface area (Å²) in [5, 5.41) is 2.28. The van der Waals surface area contributed by atoms with Crippen molar-refractivity contribution in [3.8, 4) is 33.8 Å². The molecule has 0 fully saturated rings. The Kier molecular flexibility index (Phi) is 4.11. The van der Waals surface area contributed by atoms with Crippen molar-refractivity contribution in [3.05, 3.63) is 116 Å². The van der Waals surface area contributed by atoms with Crippen LogP contribution in [0.2, 0.25) is 0 Å². The quantitative estimate of drug-likeness (QED) is 0.285. The molecule has 7 rings (SSSR count). The summed E-state index contributed by atoms with van der Waals surface area (Å²) in [5.41, 5.74) is 8.78. The summed E-state index contributed by atoms with van der Waals surface area (Å²) in [7, 11) is 0. The third-order valence-corrected chi connectivity index (χ3v) is 6.29. The highest BCUT2D eigenvalue weighted by Gasteiger charge is 2.17. The van der Waals surface area contributed by atoms with Crippen LogP contribution >= 0.6 is 0 Å². The predicted molar refractivity (Wildman–Crippen MR) is 137 cm³/mol. The summed E-state index contributed by atoms with van der Waals surface area (Å²) in [4.78, 5) is 9.49. The molecule has 3 aromatic carbocycles. The minimum atomic E-state index is 0.857. The molecule has 0 amide bonds. The van der Waals surface area contributed by atoms with Crippen LogP contribution in [-0.2, 0) is 0 Å². The van der Waals surface area contributed by atoms with Gasteiger partial charge in [-0.05, 0) is 59.7 Å². The summed E-state index contributed by atoms with van der Waals surface area (Å²) in [6, 6.07) is 35.2. The van der Waals surface area contributed by atoms with Gasteiger partial charge in [-0.1, -0.05) is 54.6 Å². The lowest BCUT2D eigenvalue weighted by Crippen LogP contribution is -1.91. The first kappa shape index (κ1) is 18.8. The minimum Gasteiger partial charge on any atom is -0.456 e. The first-order chi connectivity index (χ1) is 16.8. The molecule has 0 N–H and O–H groups in total. The van der Waals surface area contributed by atoms with Gasteiger partial charge in [0, 0.05) is 28.7 Å². The van der Waals surface area contributed by atoms with Crippen molar-refractivity contribution in [2.45, 2.75) is 0 Å². The molecule has 0 aliphatic rings. The second-order valence-electron chi connectivity index (χ2n) is 8.34. The first-order valence-corrected chi connectivity index (χ1v) is 11.3. The molecule has 0 saturated carbocycles. The molecule has 34 heavy (non-hydrogen) atoms. The summed E-state index contributed by atoms with van der Waals surface area (Å²) >= 11 is 0. The molecule has 0 radical (unpaired) electrons. The molecular weight excluding hydrogens is 418 g/mol. The smallest absolute Gasteiger partial charge is 0.138 e. The van der Waals surface area contributed by atoms with Gasteiger partial charge in [-0.25, -0.2) is 4.98 Å². The van der Waals surface area contributed by atoms with E-state index in [9.17, 15) is 0 Å². The zero-order valence-corrected chi connectivity index (χ0v) is 18.2. The summed E-state index contributed by atoms with van der Waals surface area (Å²) in [6.07, 6.45) is 3.86. The summed E-state index contributed by atoms with van der Waals surface area (Å²) in [6.45, 7) is 0. The lowest BCUT2D eigenvalue weighted by Gasteiger charge is -2.08. The zero-order valence-electron chi connectivity index (χ0n) is 18.2. The summed E-state index contributed by atoms with van der Waals surface area (Å²) in [5.74, 6) is 0. The van der Waals surface area contributed by atoms with E-state index in [0.29, 0.717) is 0 Å². The SMILES string of the molecule is c1ccc(-c2nc3ccccn3c2-c2cccc(-c3ccc4c(c3)oc3ccccc34)c2)nc1. The second kappa shape index (κ2) is 7.42. The maximum absolute atomic E-state index is 6.13. The number of furan rings is 1. The predicted octanol–water partition coefficient (Wildman–Crippen LogP) is 7.63. The number of aromatic nitrogens is 3. The Labute approximate surface area is 195 Å². The van der Waals surface area contributed by atoms with Gasteiger partial charge in [0.05, 0.1) is 11.4 Å². The van der Waals surface area contributed by atoms with Gasteiger partial charge in [0.2, 0.25) is 0 Å². The number of imidazole rings is 1. The fraction of sp³-hybridized carbons (Fsp3) is 0. The average Bonchev–Trinajstić information content (AvgIpc) is 3.47. The Morgan fingerprint density at radius 1 is 0.618 bits per heavy atom. The van der Waals surface area contributed by atoms with E-state index in [2.05, 4.69) is 64.1 Å². The van der Waals surface area contributed by atoms with Crippen molar-refractivity contribution in [3.63, 3.8) is 0 Å². The fourth-order valence-corrected chi connectivity index (χ4v) is 4.70. The molecule has 0 aliphatic carbocycles. The molecule has 7 aromatic rings. The van der Waals surface area contributed by atoms with E-state index in [-0.39, 0.29) is 0 Å². The van der Waals surface area contributed by atoms with E-state index in [1.165, 1.54) is 0 Å². The normalized spacial score (nSPS) is 11.5. The van der Waals surface area contributed by atoms with Crippen LogP contribution in [0.15, 0.2) is 120 Å². The Hall–Kier alpha value is -4.70. The molecule has 4 heteroatoms. The molecule has 160 valence electrons. The molecule has 4 nitrogen and oxygen atoms in total. The van der Waals surface area contributed by atoms with E-state index in [1.807, 2.05) is 60.8 Å². The lowest BCUT2D eigenvalue weighted by molar-refractivity contribution is 0.669. The van der Waals surface area contributed by atoms with Gasteiger partial charge in [0.1, 0.15) is 22.5 Å². The first-order valence-electron chi connectivity index (χ1n) is 11.3. The Morgan fingerprint density at radius 2 is 1.44 bits per heavy atom. The van der Waals surface area contributed by atoms with E-state index in [1.54, 1.807) is 0 Å². The number of nitrogens with zero attached hydrogens (tertiary/aromatic N) is 3. The van der Waals surface area contributed by atoms with Gasteiger partial charge in [0.15, 0.2) is 0 Å². The van der Waals surface area contributed by atoms with Gasteiger partial charge < -0.3 is 4.42 Å². The topological polar surface area (TPSA) is 43.3 Å². The largest absolute Gasteiger partial charge is 0.456 e. The van der Waals surface area contributed by atoms with Crippen molar-refractivity contribution in [2.75, 3.05) is 0 Å². The number of pyridine rings is 2. The van der Waals surface area contributed by atoms with Crippen LogP contribution in [0.25, 0.3) is 61.4 Å². The Bertz CT molecular complexity index is 1810. The van der Waals surface area contributed by atoms with E-state index >= 15 is 0 Å². The van der Waals surface area contributed by atoms with Crippen molar-refractivity contribution < 1.29 is 4.42 Å². The van der Waals surface area contributed by atoms with Crippen LogP contribution in [0.5, 0.6) is 0 Å². The number of para-hydroxylation sites is 1. The van der Waals surface area contributed by atoms with Crippen molar-refractivity contribution >= 4 is 27.6 Å². The minimum absolute atomic E-state index is 0.857. The van der Waals surface area contributed by atoms with Gasteiger partial charge in [-0.2, -0.15) is 0 Å². The Morgan fingerprint density at radius 3 is 2.38 bits per heavy atom. The number of rotatable bonds is 3. The molecule has 0 bridgehead atoms. The monoisotopic (exact) mass is 437 g/mol. The molecule has 0 atom stereocenters. The highest BCUT2D eigenvalue weighted by Crippen LogP contribution is 2.36. The van der Waals surface area contributed by atoms with Gasteiger partial charge in [0.25, 0.3) is 0 Å². The van der Waals surface area contributed by atoms with Crippen molar-refractivity contribution in [1.29, 1.82) is 0 Å². The molecular formula is C30H19N3O. The third-order valence-electron chi connectivity index (χ3n) is 6.29. The van der Waals surface area contributed by atoms with Crippen LogP contribution in [0.1, 0.15) is 0 Å². The van der Waals surface area contributed by atoms with Crippen LogP contribution < -0.4 is 0 Å². The third kappa shape index (κ3) is 2.93. The Balaban J connectivity index is 1.41. The lowest BCUT2D eigenvalue weighted by atomic mass is 9.99. The number of hydrogen-bond acceptors (Lipinski definition) is 3. The highest BCUT2D eigenvalue weighted by molar-refractivity contribution is 6.05. The van der Waals surface area contributed by atoms with Crippen LogP contribution in [-0.4, -0.2) is 14.4 Å². The fourth-order valence-electron chi connectivity index (χ4n) is 4.70. The number of hydrogen-bond donors (Lipinski definition) is 0. The molecule has 0 spiro atoms. The van der Waals surface area contributed by atoms with Crippen LogP contribution in [0.4, 0.5) is 0 Å². The standard InChI is InChI=1S/C30H19N3O/c1-2-12-26-23(10-1)24-15-14-21(19-27(24)34-26)20-8-7-9-22(18-20)30-29(25-11-3-5-16-31-25)32-28-13-4-6-17-33(28)30/h1-19H. The van der Waals surface area contributed by atoms with E-state index < -0.39 is 0 Å². The highest BCUT2D eigenvalue weighted by atomic mass is 16.3. The summed E-state index contributed by atoms with van der Waals surface area (Å²) < 4.78 is 8.26.